The predicted molar refractivity (Wildman–Crippen MR) is 126 cm³/mol. The Kier molecular flexibility index (Phi) is 7.42. The van der Waals surface area contributed by atoms with Crippen LogP contribution in [0.15, 0.2) is 42.5 Å². The zero-order valence-corrected chi connectivity index (χ0v) is 19.4. The van der Waals surface area contributed by atoms with Crippen molar-refractivity contribution in [2.45, 2.75) is 94.3 Å². The normalized spacial score (nSPS) is 20.7. The second kappa shape index (κ2) is 10.1. The first-order valence-corrected chi connectivity index (χ1v) is 13.4. The molecule has 0 aromatic heterocycles. The fourth-order valence-corrected chi connectivity index (χ4v) is 10.2. The van der Waals surface area contributed by atoms with Gasteiger partial charge in [0, 0.05) is 12.0 Å². The van der Waals surface area contributed by atoms with E-state index < -0.39 is 13.3 Å². The van der Waals surface area contributed by atoms with Crippen molar-refractivity contribution in [1.82, 2.24) is 0 Å². The van der Waals surface area contributed by atoms with Crippen molar-refractivity contribution < 1.29 is 13.2 Å². The van der Waals surface area contributed by atoms with Crippen LogP contribution in [-0.2, 0) is 6.42 Å². The number of hydrogen-bond acceptors (Lipinski definition) is 0. The van der Waals surface area contributed by atoms with Crippen LogP contribution in [0.2, 0.25) is 0 Å². The molecule has 0 nitrogen and oxygen atoms in total. The molecular formula is C27H34F3P. The summed E-state index contributed by atoms with van der Waals surface area (Å²) >= 11 is 0. The van der Waals surface area contributed by atoms with Crippen LogP contribution in [-0.4, -0.2) is 16.7 Å². The molecule has 2 saturated carbocycles. The van der Waals surface area contributed by atoms with Gasteiger partial charge in [-0.25, -0.2) is 13.2 Å². The molecule has 31 heavy (non-hydrogen) atoms. The Morgan fingerprint density at radius 3 is 1.97 bits per heavy atom. The van der Waals surface area contributed by atoms with E-state index in [0.717, 1.165) is 25.7 Å². The first-order valence-electron chi connectivity index (χ1n) is 12.0. The fraction of sp³-hybridized carbons (Fsp3) is 0.556. The van der Waals surface area contributed by atoms with Crippen LogP contribution in [0.4, 0.5) is 13.2 Å². The van der Waals surface area contributed by atoms with Crippen LogP contribution in [0.3, 0.4) is 0 Å². The highest BCUT2D eigenvalue weighted by molar-refractivity contribution is 7.60. The quantitative estimate of drug-likeness (QED) is 0.388. The van der Waals surface area contributed by atoms with Crippen molar-refractivity contribution in [3.05, 3.63) is 59.7 Å². The van der Waals surface area contributed by atoms with Crippen LogP contribution in [0, 0.1) is 11.6 Å². The van der Waals surface area contributed by atoms with Gasteiger partial charge in [-0.1, -0.05) is 70.7 Å². The topological polar surface area (TPSA) is 0 Å². The molecular weight excluding hydrogens is 412 g/mol. The summed E-state index contributed by atoms with van der Waals surface area (Å²) in [7, 11) is -0.845. The lowest BCUT2D eigenvalue weighted by Gasteiger charge is -2.45. The highest BCUT2D eigenvalue weighted by Crippen LogP contribution is 2.65. The van der Waals surface area contributed by atoms with E-state index in [-0.39, 0.29) is 18.1 Å². The van der Waals surface area contributed by atoms with Gasteiger partial charge in [-0.15, -0.1) is 0 Å². The summed E-state index contributed by atoms with van der Waals surface area (Å²) in [4.78, 5) is 0. The van der Waals surface area contributed by atoms with Crippen LogP contribution in [0.5, 0.6) is 0 Å². The van der Waals surface area contributed by atoms with Gasteiger partial charge in [0.05, 0.1) is 0 Å². The fourth-order valence-electron chi connectivity index (χ4n) is 5.87. The molecule has 0 amide bonds. The summed E-state index contributed by atoms with van der Waals surface area (Å²) in [5.74, 6) is -0.733. The molecule has 0 spiro atoms. The molecule has 0 saturated heterocycles. The molecule has 4 rings (SSSR count). The summed E-state index contributed by atoms with van der Waals surface area (Å²) in [5, 5.41) is -1.38. The van der Waals surface area contributed by atoms with Gasteiger partial charge in [-0.2, -0.15) is 0 Å². The Labute approximate surface area is 186 Å². The van der Waals surface area contributed by atoms with E-state index in [1.807, 2.05) is 0 Å². The van der Waals surface area contributed by atoms with E-state index in [1.54, 1.807) is 31.2 Å². The predicted octanol–water partition coefficient (Wildman–Crippen LogP) is 9.01. The Hall–Kier alpha value is -1.34. The molecule has 4 heteroatoms. The maximum Gasteiger partial charge on any atom is 0.131 e. The Morgan fingerprint density at radius 1 is 0.806 bits per heavy atom. The summed E-state index contributed by atoms with van der Waals surface area (Å²) < 4.78 is 45.5. The third-order valence-electron chi connectivity index (χ3n) is 7.22. The van der Waals surface area contributed by atoms with Gasteiger partial charge in [0.2, 0.25) is 0 Å². The molecule has 1 atom stereocenters. The number of hydrogen-bond donors (Lipinski definition) is 0. The summed E-state index contributed by atoms with van der Waals surface area (Å²) in [6.45, 7) is 1.76. The Bertz CT molecular complexity index is 849. The number of halogens is 3. The van der Waals surface area contributed by atoms with Gasteiger partial charge < -0.3 is 0 Å². The van der Waals surface area contributed by atoms with Crippen LogP contribution < -0.4 is 0 Å². The molecule has 2 aromatic rings. The number of alkyl halides is 1. The second-order valence-corrected chi connectivity index (χ2v) is 12.8. The Morgan fingerprint density at radius 2 is 1.39 bits per heavy atom. The molecule has 168 valence electrons. The van der Waals surface area contributed by atoms with E-state index in [1.165, 1.54) is 56.7 Å². The highest BCUT2D eigenvalue weighted by atomic mass is 31.1. The molecule has 0 heterocycles. The van der Waals surface area contributed by atoms with E-state index in [4.69, 9.17) is 0 Å². The minimum Gasteiger partial charge on any atom is -0.239 e. The molecule has 0 aliphatic heterocycles. The minimum atomic E-state index is -1.38. The monoisotopic (exact) mass is 446 g/mol. The van der Waals surface area contributed by atoms with Crippen LogP contribution >= 0.6 is 7.92 Å². The SMILES string of the molecule is CC(F)(Cc1cc(F)ccc1-c1ccccc1F)P(C1CCCCC1)C1CCCCC1. The van der Waals surface area contributed by atoms with Crippen molar-refractivity contribution in [2.24, 2.45) is 0 Å². The first kappa shape index (κ1) is 22.8. The standard InChI is InChI=1S/C27H34F3P/c1-27(30,31(22-10-4-2-5-11-22)23-12-6-3-7-13-23)19-20-18-21(28)16-17-24(20)25-14-8-9-15-26(25)29/h8-9,14-18,22-23H,2-7,10-13,19H2,1H3. The van der Waals surface area contributed by atoms with Crippen LogP contribution in [0.25, 0.3) is 11.1 Å². The lowest BCUT2D eigenvalue weighted by molar-refractivity contribution is 0.294. The maximum atomic E-state index is 16.8. The van der Waals surface area contributed by atoms with Gasteiger partial charge in [0.15, 0.2) is 0 Å². The Balaban J connectivity index is 1.68. The maximum absolute atomic E-state index is 16.8. The van der Waals surface area contributed by atoms with E-state index in [2.05, 4.69) is 0 Å². The van der Waals surface area contributed by atoms with Crippen molar-refractivity contribution in [2.75, 3.05) is 0 Å². The largest absolute Gasteiger partial charge is 0.239 e. The first-order chi connectivity index (χ1) is 15.0. The van der Waals surface area contributed by atoms with Crippen molar-refractivity contribution >= 4 is 7.92 Å². The summed E-state index contributed by atoms with van der Waals surface area (Å²) in [6.07, 6.45) is 12.0. The van der Waals surface area contributed by atoms with Gasteiger partial charge >= 0.3 is 0 Å². The second-order valence-electron chi connectivity index (χ2n) is 9.59. The lowest BCUT2D eigenvalue weighted by Crippen LogP contribution is -2.33. The van der Waals surface area contributed by atoms with Crippen LogP contribution in [0.1, 0.15) is 76.7 Å². The molecule has 2 aromatic carbocycles. The zero-order valence-electron chi connectivity index (χ0n) is 18.6. The lowest BCUT2D eigenvalue weighted by atomic mass is 9.95. The van der Waals surface area contributed by atoms with Crippen molar-refractivity contribution in [3.63, 3.8) is 0 Å². The highest BCUT2D eigenvalue weighted by Gasteiger charge is 2.44. The molecule has 0 N–H and O–H groups in total. The average Bonchev–Trinajstić information content (AvgIpc) is 2.76. The number of benzene rings is 2. The van der Waals surface area contributed by atoms with Gasteiger partial charge in [-0.05, 0) is 73.3 Å². The number of rotatable bonds is 6. The van der Waals surface area contributed by atoms with Gasteiger partial charge in [-0.3, -0.25) is 0 Å². The molecule has 1 unspecified atom stereocenters. The molecule has 2 aliphatic rings. The third kappa shape index (κ3) is 5.36. The molecule has 2 aliphatic carbocycles. The smallest absolute Gasteiger partial charge is 0.131 e. The van der Waals surface area contributed by atoms with Gasteiger partial charge in [0.25, 0.3) is 0 Å². The van der Waals surface area contributed by atoms with Gasteiger partial charge in [0.1, 0.15) is 17.0 Å². The average molecular weight is 447 g/mol. The molecule has 0 radical (unpaired) electrons. The van der Waals surface area contributed by atoms with E-state index in [0.29, 0.717) is 28.0 Å². The molecule has 2 fully saturated rings. The third-order valence-corrected chi connectivity index (χ3v) is 11.1. The minimum absolute atomic E-state index is 0.160. The zero-order chi connectivity index (χ0) is 21.8. The van der Waals surface area contributed by atoms with E-state index in [9.17, 15) is 8.78 Å². The summed E-state index contributed by atoms with van der Waals surface area (Å²) in [6, 6.07) is 10.9. The van der Waals surface area contributed by atoms with E-state index >= 15 is 4.39 Å². The summed E-state index contributed by atoms with van der Waals surface area (Å²) in [5.41, 5.74) is 2.56. The van der Waals surface area contributed by atoms with Crippen molar-refractivity contribution in [1.29, 1.82) is 0 Å². The molecule has 0 bridgehead atoms. The van der Waals surface area contributed by atoms with Crippen molar-refractivity contribution in [3.8, 4) is 11.1 Å².